The molecule has 0 rings (SSSR count). The van der Waals surface area contributed by atoms with E-state index >= 15 is 0 Å². The average molecular weight is 282 g/mol. The molecule has 0 spiro atoms. The monoisotopic (exact) mass is 282 g/mol. The second-order valence-corrected chi connectivity index (χ2v) is 5.44. The summed E-state index contributed by atoms with van der Waals surface area (Å²) in [6.07, 6.45) is 1.47. The van der Waals surface area contributed by atoms with E-state index in [0.29, 0.717) is 0 Å². The van der Waals surface area contributed by atoms with Gasteiger partial charge in [-0.2, -0.15) is 12.6 Å². The average Bonchev–Trinajstić information content (AvgIpc) is 2.31. The highest BCUT2D eigenvalue weighted by Gasteiger charge is 2.38. The summed E-state index contributed by atoms with van der Waals surface area (Å²) < 4.78 is -1.36. The van der Waals surface area contributed by atoms with Gasteiger partial charge in [-0.1, -0.05) is 20.3 Å². The summed E-state index contributed by atoms with van der Waals surface area (Å²) in [5.41, 5.74) is 0. The van der Waals surface area contributed by atoms with Crippen LogP contribution in [0.2, 0.25) is 0 Å². The standard InChI is InChI=1S/C9H18O5S.C3H8/c1-9(15,8(13)14)7(5-12)2-6(3-10)4-11;1-3-2/h6-7,10-12,15H,2-5H2,1H3,(H,13,14);3H2,1-2H3. The molecule has 0 amide bonds. The lowest BCUT2D eigenvalue weighted by molar-refractivity contribution is -0.141. The van der Waals surface area contributed by atoms with E-state index in [2.05, 4.69) is 26.5 Å². The van der Waals surface area contributed by atoms with Gasteiger partial charge in [0.15, 0.2) is 0 Å². The summed E-state index contributed by atoms with van der Waals surface area (Å²) in [5.74, 6) is -2.16. The van der Waals surface area contributed by atoms with Crippen LogP contribution in [0.4, 0.5) is 0 Å². The Hall–Kier alpha value is -0.300. The van der Waals surface area contributed by atoms with Crippen molar-refractivity contribution in [2.45, 2.75) is 38.4 Å². The second kappa shape index (κ2) is 10.6. The van der Waals surface area contributed by atoms with Crippen LogP contribution in [0.3, 0.4) is 0 Å². The lowest BCUT2D eigenvalue weighted by Crippen LogP contribution is -2.41. The largest absolute Gasteiger partial charge is 0.480 e. The third kappa shape index (κ3) is 7.20. The maximum absolute atomic E-state index is 10.9. The summed E-state index contributed by atoms with van der Waals surface area (Å²) in [6.45, 7) is 4.82. The quantitative estimate of drug-likeness (QED) is 0.444. The molecule has 0 aromatic heterocycles. The van der Waals surface area contributed by atoms with Crippen molar-refractivity contribution in [2.24, 2.45) is 11.8 Å². The van der Waals surface area contributed by atoms with Gasteiger partial charge in [-0.3, -0.25) is 4.79 Å². The van der Waals surface area contributed by atoms with E-state index in [9.17, 15) is 4.79 Å². The van der Waals surface area contributed by atoms with Crippen LogP contribution in [0.15, 0.2) is 0 Å². The first-order chi connectivity index (χ1) is 8.31. The summed E-state index contributed by atoms with van der Waals surface area (Å²) in [6, 6.07) is 0. The fourth-order valence-corrected chi connectivity index (χ4v) is 1.45. The van der Waals surface area contributed by atoms with Gasteiger partial charge in [0.1, 0.15) is 4.75 Å². The van der Waals surface area contributed by atoms with E-state index in [1.165, 1.54) is 13.3 Å². The van der Waals surface area contributed by atoms with Crippen molar-refractivity contribution < 1.29 is 25.2 Å². The van der Waals surface area contributed by atoms with Gasteiger partial charge in [0.05, 0.1) is 0 Å². The minimum atomic E-state index is -1.36. The molecule has 2 unspecified atom stereocenters. The molecule has 110 valence electrons. The van der Waals surface area contributed by atoms with Crippen LogP contribution in [0, 0.1) is 11.8 Å². The lowest BCUT2D eigenvalue weighted by atomic mass is 9.85. The van der Waals surface area contributed by atoms with Crippen LogP contribution >= 0.6 is 12.6 Å². The van der Waals surface area contributed by atoms with E-state index in [1.54, 1.807) is 0 Å². The maximum Gasteiger partial charge on any atom is 0.319 e. The molecule has 0 aliphatic heterocycles. The van der Waals surface area contributed by atoms with Gasteiger partial charge in [0, 0.05) is 31.7 Å². The summed E-state index contributed by atoms with van der Waals surface area (Å²) >= 11 is 3.99. The zero-order valence-electron chi connectivity index (χ0n) is 11.3. The molecule has 0 bridgehead atoms. The van der Waals surface area contributed by atoms with Crippen molar-refractivity contribution in [3.63, 3.8) is 0 Å². The highest BCUT2D eigenvalue weighted by molar-refractivity contribution is 7.82. The molecule has 0 aliphatic carbocycles. The van der Waals surface area contributed by atoms with Gasteiger partial charge in [-0.05, 0) is 13.3 Å². The van der Waals surface area contributed by atoms with Gasteiger partial charge in [0.2, 0.25) is 0 Å². The Bertz CT molecular complexity index is 217. The van der Waals surface area contributed by atoms with Crippen LogP contribution in [0.5, 0.6) is 0 Å². The SMILES string of the molecule is CC(S)(C(=O)O)C(CO)CC(CO)CO.CCC. The van der Waals surface area contributed by atoms with Crippen LogP contribution in [-0.4, -0.2) is 51.0 Å². The molecular formula is C12H26O5S. The van der Waals surface area contributed by atoms with Gasteiger partial charge in [0.25, 0.3) is 0 Å². The fraction of sp³-hybridized carbons (Fsp3) is 0.917. The van der Waals surface area contributed by atoms with Crippen molar-refractivity contribution >= 4 is 18.6 Å². The predicted octanol–water partition coefficient (Wildman–Crippen LogP) is 0.775. The molecule has 5 nitrogen and oxygen atoms in total. The van der Waals surface area contributed by atoms with E-state index in [1.807, 2.05) is 0 Å². The lowest BCUT2D eigenvalue weighted by Gasteiger charge is -2.30. The Morgan fingerprint density at radius 2 is 1.56 bits per heavy atom. The van der Waals surface area contributed by atoms with Crippen molar-refractivity contribution in [3.05, 3.63) is 0 Å². The number of thiol groups is 1. The molecule has 0 radical (unpaired) electrons. The number of aliphatic hydroxyl groups is 3. The number of carboxylic acids is 1. The number of carbonyl (C=O) groups is 1. The smallest absolute Gasteiger partial charge is 0.319 e. The molecule has 18 heavy (non-hydrogen) atoms. The van der Waals surface area contributed by atoms with E-state index in [4.69, 9.17) is 20.4 Å². The Morgan fingerprint density at radius 3 is 1.78 bits per heavy atom. The molecule has 0 aliphatic rings. The third-order valence-corrected chi connectivity index (χ3v) is 3.14. The van der Waals surface area contributed by atoms with Crippen LogP contribution in [-0.2, 0) is 4.79 Å². The van der Waals surface area contributed by atoms with Crippen LogP contribution in [0.1, 0.15) is 33.6 Å². The van der Waals surface area contributed by atoms with Gasteiger partial charge in [-0.25, -0.2) is 0 Å². The third-order valence-electron chi connectivity index (χ3n) is 2.58. The molecule has 0 saturated heterocycles. The van der Waals surface area contributed by atoms with E-state index in [-0.39, 0.29) is 26.2 Å². The summed E-state index contributed by atoms with van der Waals surface area (Å²) in [4.78, 5) is 10.9. The molecule has 6 heteroatoms. The van der Waals surface area contributed by atoms with E-state index < -0.39 is 22.6 Å². The van der Waals surface area contributed by atoms with Crippen LogP contribution in [0.25, 0.3) is 0 Å². The Balaban J connectivity index is 0. The molecule has 0 fully saturated rings. The molecule has 0 heterocycles. The van der Waals surface area contributed by atoms with Gasteiger partial charge >= 0.3 is 5.97 Å². The molecular weight excluding hydrogens is 256 g/mol. The van der Waals surface area contributed by atoms with Gasteiger partial charge < -0.3 is 20.4 Å². The topological polar surface area (TPSA) is 98.0 Å². The van der Waals surface area contributed by atoms with Crippen LogP contribution < -0.4 is 0 Å². The number of aliphatic carboxylic acids is 1. The first-order valence-corrected chi connectivity index (χ1v) is 6.54. The Labute approximate surface area is 114 Å². The molecule has 0 aromatic carbocycles. The van der Waals surface area contributed by atoms with Crippen molar-refractivity contribution in [1.82, 2.24) is 0 Å². The minimum Gasteiger partial charge on any atom is -0.480 e. The number of carboxylic acid groups (broad SMARTS) is 1. The van der Waals surface area contributed by atoms with E-state index in [0.717, 1.165) is 0 Å². The summed E-state index contributed by atoms with van der Waals surface area (Å²) in [5, 5.41) is 35.7. The number of aliphatic hydroxyl groups excluding tert-OH is 3. The Morgan fingerprint density at radius 1 is 1.17 bits per heavy atom. The first-order valence-electron chi connectivity index (χ1n) is 6.09. The molecule has 0 saturated carbocycles. The fourth-order valence-electron chi connectivity index (χ4n) is 1.27. The second-order valence-electron chi connectivity index (χ2n) is 4.51. The Kier molecular flexibility index (Phi) is 11.8. The molecule has 4 N–H and O–H groups in total. The number of rotatable bonds is 7. The zero-order chi connectivity index (χ0) is 14.8. The number of hydrogen-bond acceptors (Lipinski definition) is 5. The van der Waals surface area contributed by atoms with Crippen molar-refractivity contribution in [1.29, 1.82) is 0 Å². The summed E-state index contributed by atoms with van der Waals surface area (Å²) in [7, 11) is 0. The first kappa shape index (κ1) is 20.0. The highest BCUT2D eigenvalue weighted by atomic mass is 32.1. The minimum absolute atomic E-state index is 0.218. The highest BCUT2D eigenvalue weighted by Crippen LogP contribution is 2.30. The molecule has 2 atom stereocenters. The van der Waals surface area contributed by atoms with Crippen molar-refractivity contribution in [2.75, 3.05) is 19.8 Å². The maximum atomic E-state index is 10.9. The normalized spacial score (nSPS) is 15.6. The predicted molar refractivity (Wildman–Crippen MR) is 73.8 cm³/mol. The number of hydrogen-bond donors (Lipinski definition) is 5. The molecule has 0 aromatic rings. The zero-order valence-corrected chi connectivity index (χ0v) is 12.2. The van der Waals surface area contributed by atoms with Gasteiger partial charge in [-0.15, -0.1) is 0 Å². The van der Waals surface area contributed by atoms with Crippen molar-refractivity contribution in [3.8, 4) is 0 Å².